The largest absolute Gasteiger partial charge is 0.456 e. The van der Waals surface area contributed by atoms with Crippen LogP contribution >= 0.6 is 0 Å². The molecule has 0 saturated heterocycles. The molecule has 0 radical (unpaired) electrons. The topological polar surface area (TPSA) is 254 Å². The molecule has 12 aromatic rings. The Kier molecular flexibility index (Phi) is 14.0. The second-order valence-electron chi connectivity index (χ2n) is 19.2. The first kappa shape index (κ1) is 55.1. The van der Waals surface area contributed by atoms with E-state index in [1.54, 1.807) is 24.3 Å². The van der Waals surface area contributed by atoms with Gasteiger partial charge in [0.2, 0.25) is 0 Å². The zero-order chi connectivity index (χ0) is 58.7. The molecule has 0 amide bonds. The van der Waals surface area contributed by atoms with E-state index in [1.807, 2.05) is 121 Å². The normalized spacial score (nSPS) is 12.2. The van der Waals surface area contributed by atoms with E-state index in [-0.39, 0.29) is 56.8 Å². The van der Waals surface area contributed by atoms with Crippen molar-refractivity contribution in [3.05, 3.63) is 231 Å². The van der Waals surface area contributed by atoms with Gasteiger partial charge in [-0.1, -0.05) is 121 Å². The lowest BCUT2D eigenvalue weighted by Gasteiger charge is -2.22. The molecule has 12 aromatic carbocycles. The lowest BCUT2D eigenvalue weighted by atomic mass is 9.92. The third kappa shape index (κ3) is 10.9. The minimum atomic E-state index is -4.80. The Morgan fingerprint density at radius 2 is 0.488 bits per heavy atom. The molecule has 0 unspecified atom stereocenters. The number of hydrogen-bond acceptors (Lipinski definition) is 12. The Morgan fingerprint density at radius 1 is 0.226 bits per heavy atom. The van der Waals surface area contributed by atoms with Gasteiger partial charge in [-0.15, -0.1) is 0 Å². The van der Waals surface area contributed by atoms with Crippen LogP contribution in [0.1, 0.15) is 0 Å². The van der Waals surface area contributed by atoms with E-state index >= 15 is 0 Å². The number of rotatable bonds is 16. The van der Waals surface area contributed by atoms with E-state index < -0.39 is 60.1 Å². The number of para-hydroxylation sites is 2. The van der Waals surface area contributed by atoms with Crippen LogP contribution in [0.5, 0.6) is 46.0 Å². The highest BCUT2D eigenvalue weighted by Crippen LogP contribution is 2.53. The number of ether oxygens (including phenoxy) is 4. The maximum Gasteiger partial charge on any atom is 0.294 e. The van der Waals surface area contributed by atoms with Crippen LogP contribution in [-0.4, -0.2) is 51.9 Å². The fraction of sp³-hybridized carbons (Fsp3) is 0. The van der Waals surface area contributed by atoms with E-state index in [4.69, 9.17) is 18.9 Å². The molecule has 418 valence electrons. The van der Waals surface area contributed by atoms with Gasteiger partial charge in [-0.25, -0.2) is 0 Å². The third-order valence-corrected chi connectivity index (χ3v) is 17.4. The van der Waals surface area contributed by atoms with Crippen molar-refractivity contribution in [1.82, 2.24) is 0 Å². The minimum absolute atomic E-state index is 0.0451. The van der Waals surface area contributed by atoms with Crippen LogP contribution in [0.3, 0.4) is 0 Å². The number of benzene rings is 12. The highest BCUT2D eigenvalue weighted by atomic mass is 32.2. The SMILES string of the molecule is O=S(=O)(O)c1ccc(-c2cc(S(=O)(=O)O)ccc2Oc2cc(Oc3ccccc3-c3ccccc3)c3ccc4c(Oc5ccccc5-c5ccccc5)cc(Oc5ccc(S(=O)(=O)O)cc5-c5ccc(S(=O)(=O)O)cc5)c5ccc2c3c45)cc1. The van der Waals surface area contributed by atoms with Gasteiger partial charge in [0.15, 0.2) is 0 Å². The minimum Gasteiger partial charge on any atom is -0.456 e. The zero-order valence-corrected chi connectivity index (χ0v) is 46.5. The van der Waals surface area contributed by atoms with Crippen molar-refractivity contribution in [2.45, 2.75) is 19.6 Å². The summed E-state index contributed by atoms with van der Waals surface area (Å²) in [5.41, 5.74) is 3.87. The van der Waals surface area contributed by atoms with Crippen LogP contribution in [0, 0.1) is 0 Å². The van der Waals surface area contributed by atoms with Gasteiger partial charge < -0.3 is 18.9 Å². The Labute approximate surface area is 481 Å². The lowest BCUT2D eigenvalue weighted by Crippen LogP contribution is -2.01. The molecule has 0 aliphatic heterocycles. The molecule has 12 rings (SSSR count). The van der Waals surface area contributed by atoms with Crippen molar-refractivity contribution in [2.75, 3.05) is 0 Å². The monoisotopic (exact) mass is 1190 g/mol. The van der Waals surface area contributed by atoms with Gasteiger partial charge in [-0.2, -0.15) is 33.7 Å². The summed E-state index contributed by atoms with van der Waals surface area (Å²) in [6.07, 6.45) is 0. The Balaban J connectivity index is 1.13. The van der Waals surface area contributed by atoms with Crippen LogP contribution in [0.25, 0.3) is 76.8 Å². The summed E-state index contributed by atoms with van der Waals surface area (Å²) in [5.74, 6) is 1.90. The van der Waals surface area contributed by atoms with Crippen LogP contribution in [-0.2, 0) is 40.5 Å². The smallest absolute Gasteiger partial charge is 0.294 e. The maximum absolute atomic E-state index is 12.7. The molecular formula is C64H42O16S4. The summed E-state index contributed by atoms with van der Waals surface area (Å²) in [7, 11) is -18.9. The third-order valence-electron chi connectivity index (χ3n) is 14.0. The Morgan fingerprint density at radius 3 is 0.798 bits per heavy atom. The molecule has 0 fully saturated rings. The predicted molar refractivity (Wildman–Crippen MR) is 317 cm³/mol. The second kappa shape index (κ2) is 21.4. The quantitative estimate of drug-likeness (QED) is 0.0518. The standard InChI is InChI=1S/C64H42O16S4/c65-81(66,67)43-23-19-41(20-24-43)53-35-45(83(71,72)73)27-33-57(53)79-61-37-59(77-55-17-9-7-15-47(55)39-11-3-1-4-12-39)49-29-30-50-60(78-56-18-10-8-16-48(56)40-13-5-2-6-14-40)38-62(52-32-31-51(61)63(49)64(50)52)80-58-34-28-46(84(74,75)76)36-54(58)42-21-25-44(26-22-42)82(68,69)70/h1-38H,(H,65,66,67)(H,68,69,70)(H,71,72,73)(H,74,75,76). The van der Waals surface area contributed by atoms with E-state index in [2.05, 4.69) is 0 Å². The molecule has 0 spiro atoms. The van der Waals surface area contributed by atoms with Crippen molar-refractivity contribution in [3.63, 3.8) is 0 Å². The van der Waals surface area contributed by atoms with Gasteiger partial charge >= 0.3 is 0 Å². The maximum atomic E-state index is 12.7. The average molecular weight is 1200 g/mol. The molecule has 16 nitrogen and oxygen atoms in total. The van der Waals surface area contributed by atoms with Gasteiger partial charge in [0, 0.05) is 66.7 Å². The summed E-state index contributed by atoms with van der Waals surface area (Å²) in [6, 6.07) is 61.8. The molecule has 0 saturated carbocycles. The molecule has 20 heteroatoms. The first-order chi connectivity index (χ1) is 40.2. The van der Waals surface area contributed by atoms with Gasteiger partial charge in [0.05, 0.1) is 19.6 Å². The molecule has 4 N–H and O–H groups in total. The molecule has 0 atom stereocenters. The fourth-order valence-electron chi connectivity index (χ4n) is 10.1. The Hall–Kier alpha value is -9.48. The van der Waals surface area contributed by atoms with E-state index in [9.17, 15) is 51.9 Å². The van der Waals surface area contributed by atoms with E-state index in [0.29, 0.717) is 43.8 Å². The zero-order valence-electron chi connectivity index (χ0n) is 43.3. The van der Waals surface area contributed by atoms with Crippen molar-refractivity contribution in [3.8, 4) is 90.5 Å². The average Bonchev–Trinajstić information content (AvgIpc) is 0.884. The molecule has 0 aliphatic rings. The predicted octanol–water partition coefficient (Wildman–Crippen LogP) is 15.4. The molecule has 0 aliphatic carbocycles. The molecule has 84 heavy (non-hydrogen) atoms. The lowest BCUT2D eigenvalue weighted by molar-refractivity contribution is 0.467. The van der Waals surface area contributed by atoms with Crippen molar-refractivity contribution in [1.29, 1.82) is 0 Å². The molecular weight excluding hydrogens is 1150 g/mol. The summed E-state index contributed by atoms with van der Waals surface area (Å²) in [4.78, 5) is -1.86. The summed E-state index contributed by atoms with van der Waals surface area (Å²) < 4.78 is 167. The fourth-order valence-corrected chi connectivity index (χ4v) is 12.1. The van der Waals surface area contributed by atoms with Gasteiger partial charge in [0.25, 0.3) is 40.5 Å². The van der Waals surface area contributed by atoms with Crippen LogP contribution in [0.4, 0.5) is 0 Å². The van der Waals surface area contributed by atoms with Crippen LogP contribution < -0.4 is 18.9 Å². The summed E-state index contributed by atoms with van der Waals surface area (Å²) in [6.45, 7) is 0. The highest BCUT2D eigenvalue weighted by molar-refractivity contribution is 7.86. The first-order valence-electron chi connectivity index (χ1n) is 25.3. The summed E-state index contributed by atoms with van der Waals surface area (Å²) >= 11 is 0. The van der Waals surface area contributed by atoms with E-state index in [1.165, 1.54) is 36.4 Å². The Bertz CT molecular complexity index is 4720. The molecule has 0 aromatic heterocycles. The first-order valence-corrected chi connectivity index (χ1v) is 31.1. The molecule has 0 bridgehead atoms. The van der Waals surface area contributed by atoms with Crippen molar-refractivity contribution >= 4 is 72.8 Å². The van der Waals surface area contributed by atoms with Crippen molar-refractivity contribution in [2.24, 2.45) is 0 Å². The molecule has 0 heterocycles. The van der Waals surface area contributed by atoms with Gasteiger partial charge in [-0.05, 0) is 119 Å². The number of hydrogen-bond donors (Lipinski definition) is 4. The van der Waals surface area contributed by atoms with Crippen molar-refractivity contribution < 1.29 is 70.8 Å². The highest BCUT2D eigenvalue weighted by Gasteiger charge is 2.26. The van der Waals surface area contributed by atoms with Crippen LogP contribution in [0.15, 0.2) is 250 Å². The van der Waals surface area contributed by atoms with Gasteiger partial charge in [0.1, 0.15) is 46.0 Å². The second-order valence-corrected chi connectivity index (χ2v) is 24.9. The van der Waals surface area contributed by atoms with E-state index in [0.717, 1.165) is 70.8 Å². The summed E-state index contributed by atoms with van der Waals surface area (Å²) in [5, 5.41) is 3.15. The van der Waals surface area contributed by atoms with Gasteiger partial charge in [-0.3, -0.25) is 18.2 Å². The van der Waals surface area contributed by atoms with Crippen LogP contribution in [0.2, 0.25) is 0 Å².